The molecule has 0 atom stereocenters. The van der Waals surface area contributed by atoms with E-state index in [1.807, 2.05) is 36.4 Å². The SMILES string of the molecule is CCCc1ccccc1NC(=O)c1c[nH]c2ccccc2c1=O. The molecule has 0 aliphatic rings. The third-order valence-electron chi connectivity index (χ3n) is 3.82. The van der Waals surface area contributed by atoms with Crippen molar-refractivity contribution in [1.29, 1.82) is 0 Å². The van der Waals surface area contributed by atoms with Gasteiger partial charge in [0.15, 0.2) is 0 Å². The number of aromatic nitrogens is 1. The van der Waals surface area contributed by atoms with Crippen LogP contribution in [-0.4, -0.2) is 10.9 Å². The zero-order valence-corrected chi connectivity index (χ0v) is 12.9. The number of amides is 1. The van der Waals surface area contributed by atoms with Crippen molar-refractivity contribution in [1.82, 2.24) is 4.98 Å². The zero-order chi connectivity index (χ0) is 16.2. The van der Waals surface area contributed by atoms with Crippen molar-refractivity contribution in [3.8, 4) is 0 Å². The summed E-state index contributed by atoms with van der Waals surface area (Å²) in [7, 11) is 0. The van der Waals surface area contributed by atoms with Crippen molar-refractivity contribution in [2.45, 2.75) is 19.8 Å². The number of pyridine rings is 1. The Labute approximate surface area is 134 Å². The third kappa shape index (κ3) is 3.01. The summed E-state index contributed by atoms with van der Waals surface area (Å²) < 4.78 is 0. The molecule has 0 unspecified atom stereocenters. The highest BCUT2D eigenvalue weighted by Gasteiger charge is 2.14. The first kappa shape index (κ1) is 15.0. The fourth-order valence-corrected chi connectivity index (χ4v) is 2.66. The van der Waals surface area contributed by atoms with Crippen LogP contribution in [0.4, 0.5) is 5.69 Å². The summed E-state index contributed by atoms with van der Waals surface area (Å²) in [6.45, 7) is 2.09. The molecular formula is C19H18N2O2. The molecule has 1 aromatic heterocycles. The summed E-state index contributed by atoms with van der Waals surface area (Å²) in [5, 5.41) is 3.37. The first-order valence-electron chi connectivity index (χ1n) is 7.70. The molecule has 0 fully saturated rings. The monoisotopic (exact) mass is 306 g/mol. The van der Waals surface area contributed by atoms with E-state index in [9.17, 15) is 9.59 Å². The number of rotatable bonds is 4. The van der Waals surface area contributed by atoms with Gasteiger partial charge in [-0.2, -0.15) is 0 Å². The van der Waals surface area contributed by atoms with E-state index >= 15 is 0 Å². The van der Waals surface area contributed by atoms with Gasteiger partial charge in [-0.05, 0) is 30.2 Å². The molecule has 0 radical (unpaired) electrons. The van der Waals surface area contributed by atoms with Crippen LogP contribution in [-0.2, 0) is 6.42 Å². The van der Waals surface area contributed by atoms with Crippen molar-refractivity contribution >= 4 is 22.5 Å². The maximum Gasteiger partial charge on any atom is 0.261 e. The van der Waals surface area contributed by atoms with Gasteiger partial charge in [0.2, 0.25) is 5.43 Å². The van der Waals surface area contributed by atoms with E-state index in [0.29, 0.717) is 5.39 Å². The van der Waals surface area contributed by atoms with Gasteiger partial charge in [-0.1, -0.05) is 43.7 Å². The van der Waals surface area contributed by atoms with Gasteiger partial charge in [-0.15, -0.1) is 0 Å². The number of carbonyl (C=O) groups excluding carboxylic acids is 1. The number of benzene rings is 2. The highest BCUT2D eigenvalue weighted by molar-refractivity contribution is 6.06. The third-order valence-corrected chi connectivity index (χ3v) is 3.82. The van der Waals surface area contributed by atoms with Gasteiger partial charge in [0.25, 0.3) is 5.91 Å². The second-order valence-corrected chi connectivity index (χ2v) is 5.44. The minimum absolute atomic E-state index is 0.120. The average Bonchev–Trinajstić information content (AvgIpc) is 2.57. The van der Waals surface area contributed by atoms with Crippen LogP contribution in [0.15, 0.2) is 59.5 Å². The highest BCUT2D eigenvalue weighted by atomic mass is 16.2. The molecule has 116 valence electrons. The molecule has 0 aliphatic heterocycles. The lowest BCUT2D eigenvalue weighted by Gasteiger charge is -2.10. The Hall–Kier alpha value is -2.88. The highest BCUT2D eigenvalue weighted by Crippen LogP contribution is 2.17. The first-order valence-corrected chi connectivity index (χ1v) is 7.70. The number of para-hydroxylation sites is 2. The summed E-state index contributed by atoms with van der Waals surface area (Å²) in [5.41, 5.74) is 2.41. The molecule has 23 heavy (non-hydrogen) atoms. The predicted octanol–water partition coefficient (Wildman–Crippen LogP) is 3.73. The van der Waals surface area contributed by atoms with Crippen LogP contribution >= 0.6 is 0 Å². The number of H-pyrrole nitrogens is 1. The Bertz CT molecular complexity index is 912. The largest absolute Gasteiger partial charge is 0.360 e. The number of anilines is 1. The molecule has 1 amide bonds. The topological polar surface area (TPSA) is 62.0 Å². The molecule has 3 aromatic rings. The van der Waals surface area contributed by atoms with Crippen molar-refractivity contribution in [3.63, 3.8) is 0 Å². The minimum atomic E-state index is -0.388. The second kappa shape index (κ2) is 6.48. The fraction of sp³-hybridized carbons (Fsp3) is 0.158. The quantitative estimate of drug-likeness (QED) is 0.771. The summed E-state index contributed by atoms with van der Waals surface area (Å²) in [4.78, 5) is 28.0. The molecule has 2 aromatic carbocycles. The molecule has 4 heteroatoms. The number of nitrogens with one attached hydrogen (secondary N) is 2. The van der Waals surface area contributed by atoms with Crippen molar-refractivity contribution in [2.75, 3.05) is 5.32 Å². The number of hydrogen-bond donors (Lipinski definition) is 2. The normalized spacial score (nSPS) is 10.7. The summed E-state index contributed by atoms with van der Waals surface area (Å²) in [6, 6.07) is 14.8. The van der Waals surface area contributed by atoms with Gasteiger partial charge >= 0.3 is 0 Å². The Kier molecular flexibility index (Phi) is 4.24. The lowest BCUT2D eigenvalue weighted by atomic mass is 10.1. The van der Waals surface area contributed by atoms with E-state index in [1.165, 1.54) is 6.20 Å². The van der Waals surface area contributed by atoms with Crippen LogP contribution in [0.3, 0.4) is 0 Å². The summed E-state index contributed by atoms with van der Waals surface area (Å²) >= 11 is 0. The van der Waals surface area contributed by atoms with Gasteiger partial charge in [0, 0.05) is 22.8 Å². The van der Waals surface area contributed by atoms with Crippen LogP contribution in [0.5, 0.6) is 0 Å². The minimum Gasteiger partial charge on any atom is -0.360 e. The molecule has 1 heterocycles. The standard InChI is InChI=1S/C19H18N2O2/c1-2-7-13-8-3-5-10-16(13)21-19(23)15-12-20-17-11-6-4-9-14(17)18(15)22/h3-6,8-12H,2,7H2,1H3,(H,20,22)(H,21,23). The summed E-state index contributed by atoms with van der Waals surface area (Å²) in [5.74, 6) is -0.388. The number of hydrogen-bond acceptors (Lipinski definition) is 2. The van der Waals surface area contributed by atoms with Crippen LogP contribution in [0, 0.1) is 0 Å². The number of aryl methyl sites for hydroxylation is 1. The molecule has 0 saturated heterocycles. The maximum absolute atomic E-state index is 12.5. The van der Waals surface area contributed by atoms with Crippen LogP contribution in [0.25, 0.3) is 10.9 Å². The molecule has 0 saturated carbocycles. The van der Waals surface area contributed by atoms with Crippen molar-refractivity contribution < 1.29 is 4.79 Å². The number of aromatic amines is 1. The second-order valence-electron chi connectivity index (χ2n) is 5.44. The molecule has 4 nitrogen and oxygen atoms in total. The van der Waals surface area contributed by atoms with Gasteiger partial charge in [0.05, 0.1) is 0 Å². The van der Waals surface area contributed by atoms with Gasteiger partial charge < -0.3 is 10.3 Å². The van der Waals surface area contributed by atoms with Crippen molar-refractivity contribution in [2.24, 2.45) is 0 Å². The predicted molar refractivity (Wildman–Crippen MR) is 93.0 cm³/mol. The summed E-state index contributed by atoms with van der Waals surface area (Å²) in [6.07, 6.45) is 3.34. The van der Waals surface area contributed by atoms with Crippen LogP contribution in [0.2, 0.25) is 0 Å². The maximum atomic E-state index is 12.5. The lowest BCUT2D eigenvalue weighted by Crippen LogP contribution is -2.22. The van der Waals surface area contributed by atoms with Gasteiger partial charge in [-0.3, -0.25) is 9.59 Å². The van der Waals surface area contributed by atoms with Crippen LogP contribution in [0.1, 0.15) is 29.3 Å². The molecule has 0 aliphatic carbocycles. The fourth-order valence-electron chi connectivity index (χ4n) is 2.66. The smallest absolute Gasteiger partial charge is 0.261 e. The lowest BCUT2D eigenvalue weighted by molar-refractivity contribution is 0.102. The van der Waals surface area contributed by atoms with E-state index in [1.54, 1.807) is 12.1 Å². The van der Waals surface area contributed by atoms with E-state index in [4.69, 9.17) is 0 Å². The Balaban J connectivity index is 1.96. The van der Waals surface area contributed by atoms with Gasteiger partial charge in [0.1, 0.15) is 5.56 Å². The molecule has 2 N–H and O–H groups in total. The number of carbonyl (C=O) groups is 1. The van der Waals surface area contributed by atoms with Crippen LogP contribution < -0.4 is 10.7 Å². The zero-order valence-electron chi connectivity index (χ0n) is 12.9. The Morgan fingerprint density at radius 1 is 1.09 bits per heavy atom. The molecule has 0 spiro atoms. The van der Waals surface area contributed by atoms with E-state index in [-0.39, 0.29) is 16.9 Å². The molecule has 0 bridgehead atoms. The van der Waals surface area contributed by atoms with E-state index < -0.39 is 0 Å². The van der Waals surface area contributed by atoms with E-state index in [0.717, 1.165) is 29.6 Å². The molecular weight excluding hydrogens is 288 g/mol. The Morgan fingerprint density at radius 2 is 1.83 bits per heavy atom. The van der Waals surface area contributed by atoms with Gasteiger partial charge in [-0.25, -0.2) is 0 Å². The Morgan fingerprint density at radius 3 is 2.65 bits per heavy atom. The molecule has 3 rings (SSSR count). The van der Waals surface area contributed by atoms with E-state index in [2.05, 4.69) is 17.2 Å². The first-order chi connectivity index (χ1) is 11.2. The number of fused-ring (bicyclic) bond motifs is 1. The average molecular weight is 306 g/mol. The van der Waals surface area contributed by atoms with Crippen molar-refractivity contribution in [3.05, 3.63) is 76.1 Å².